The molecule has 0 aromatic carbocycles. The molecule has 0 aliphatic heterocycles. The van der Waals surface area contributed by atoms with E-state index in [1.807, 2.05) is 10.9 Å². The summed E-state index contributed by atoms with van der Waals surface area (Å²) in [5, 5.41) is 8.51. The topological polar surface area (TPSA) is 30.7 Å². The number of nitrogens with zero attached hydrogens (tertiary/aromatic N) is 3. The van der Waals surface area contributed by atoms with Crippen LogP contribution in [0.3, 0.4) is 0 Å². The van der Waals surface area contributed by atoms with Crippen LogP contribution < -0.4 is 0 Å². The second kappa shape index (κ2) is 7.31. The van der Waals surface area contributed by atoms with Gasteiger partial charge < -0.3 is 0 Å². The Kier molecular flexibility index (Phi) is 6.23. The average Bonchev–Trinajstić information content (AvgIpc) is 2.80. The van der Waals surface area contributed by atoms with E-state index in [9.17, 15) is 0 Å². The summed E-state index contributed by atoms with van der Waals surface area (Å²) in [5.41, 5.74) is 1.44. The molecule has 0 aliphatic carbocycles. The third kappa shape index (κ3) is 5.48. The van der Waals surface area contributed by atoms with Crippen molar-refractivity contribution in [2.75, 3.05) is 0 Å². The Morgan fingerprint density at radius 3 is 2.27 bits per heavy atom. The van der Waals surface area contributed by atoms with Crippen molar-refractivity contribution in [3.05, 3.63) is 11.9 Å². The fourth-order valence-electron chi connectivity index (χ4n) is 2.47. The summed E-state index contributed by atoms with van der Waals surface area (Å²) in [6.07, 6.45) is 12.3. The molecule has 1 rings (SSSR count). The third-order valence-electron chi connectivity index (χ3n) is 4.60. The lowest BCUT2D eigenvalue weighted by Crippen LogP contribution is -2.23. The highest BCUT2D eigenvalue weighted by Crippen LogP contribution is 2.30. The van der Waals surface area contributed by atoms with E-state index in [1.54, 1.807) is 0 Å². The van der Waals surface area contributed by atoms with Gasteiger partial charge in [0.25, 0.3) is 0 Å². The van der Waals surface area contributed by atoms with Crippen molar-refractivity contribution in [3.8, 4) is 12.3 Å². The zero-order chi connectivity index (χ0) is 17.0. The van der Waals surface area contributed by atoms with Gasteiger partial charge in [-0.25, -0.2) is 4.68 Å². The van der Waals surface area contributed by atoms with E-state index < -0.39 is 0 Å². The lowest BCUT2D eigenvalue weighted by molar-refractivity contribution is 0.241. The second-order valence-electron chi connectivity index (χ2n) is 8.64. The van der Waals surface area contributed by atoms with Crippen LogP contribution in [0.4, 0.5) is 0 Å². The van der Waals surface area contributed by atoms with E-state index in [4.69, 9.17) is 6.42 Å². The van der Waals surface area contributed by atoms with Crippen LogP contribution in [0.5, 0.6) is 0 Å². The van der Waals surface area contributed by atoms with Gasteiger partial charge in [0, 0.05) is 6.20 Å². The average molecular weight is 303 g/mol. The van der Waals surface area contributed by atoms with Gasteiger partial charge in [-0.3, -0.25) is 0 Å². The minimum absolute atomic E-state index is 0.0120. The van der Waals surface area contributed by atoms with Crippen LogP contribution in [0.2, 0.25) is 0 Å². The van der Waals surface area contributed by atoms with Crippen LogP contribution in [0, 0.1) is 29.1 Å². The summed E-state index contributed by atoms with van der Waals surface area (Å²) in [4.78, 5) is 0. The van der Waals surface area contributed by atoms with Crippen molar-refractivity contribution in [1.29, 1.82) is 0 Å². The third-order valence-corrected chi connectivity index (χ3v) is 4.60. The maximum absolute atomic E-state index is 5.66. The van der Waals surface area contributed by atoms with Gasteiger partial charge in [-0.05, 0) is 29.6 Å². The molecule has 3 nitrogen and oxygen atoms in total. The minimum Gasteiger partial charge on any atom is -0.237 e. The number of hydrogen-bond acceptors (Lipinski definition) is 2. The summed E-state index contributed by atoms with van der Waals surface area (Å²) in [6, 6.07) is -0.0466. The van der Waals surface area contributed by atoms with Gasteiger partial charge in [-0.15, -0.1) is 11.5 Å². The maximum atomic E-state index is 5.66. The van der Waals surface area contributed by atoms with Crippen LogP contribution in [-0.4, -0.2) is 15.0 Å². The van der Waals surface area contributed by atoms with Gasteiger partial charge >= 0.3 is 0 Å². The van der Waals surface area contributed by atoms with Crippen LogP contribution in [-0.2, 0) is 6.42 Å². The first-order valence-electron chi connectivity index (χ1n) is 8.42. The Bertz CT molecular complexity index is 494. The first-order chi connectivity index (χ1) is 10.1. The molecule has 1 heterocycles. The molecule has 0 spiro atoms. The molecule has 0 saturated carbocycles. The van der Waals surface area contributed by atoms with E-state index in [1.165, 1.54) is 12.8 Å². The van der Waals surface area contributed by atoms with Crippen LogP contribution >= 0.6 is 0 Å². The summed E-state index contributed by atoms with van der Waals surface area (Å²) >= 11 is 0. The predicted octanol–water partition coefficient (Wildman–Crippen LogP) is 4.89. The van der Waals surface area contributed by atoms with Gasteiger partial charge in [-0.2, -0.15) is 0 Å². The summed E-state index contributed by atoms with van der Waals surface area (Å²) < 4.78 is 1.84. The van der Waals surface area contributed by atoms with Gasteiger partial charge in [0.1, 0.15) is 6.04 Å². The van der Waals surface area contributed by atoms with Gasteiger partial charge in [0.15, 0.2) is 0 Å². The molecule has 0 amide bonds. The highest BCUT2D eigenvalue weighted by molar-refractivity contribution is 5.05. The molecule has 3 heteroatoms. The van der Waals surface area contributed by atoms with Crippen molar-refractivity contribution in [3.63, 3.8) is 0 Å². The number of aromatic nitrogens is 3. The molecule has 0 bridgehead atoms. The Labute approximate surface area is 136 Å². The van der Waals surface area contributed by atoms with E-state index >= 15 is 0 Å². The predicted molar refractivity (Wildman–Crippen MR) is 93.5 cm³/mol. The molecule has 0 saturated heterocycles. The van der Waals surface area contributed by atoms with Gasteiger partial charge in [0.05, 0.1) is 5.69 Å². The smallest absolute Gasteiger partial charge is 0.118 e. The number of unbranched alkanes of at least 4 members (excludes halogenated alkanes) is 1. The first kappa shape index (κ1) is 18.7. The van der Waals surface area contributed by atoms with Crippen molar-refractivity contribution in [1.82, 2.24) is 15.0 Å². The number of aryl methyl sites for hydroxylation is 1. The Morgan fingerprint density at radius 2 is 1.77 bits per heavy atom. The fourth-order valence-corrected chi connectivity index (χ4v) is 2.47. The highest BCUT2D eigenvalue weighted by atomic mass is 15.4. The zero-order valence-electron chi connectivity index (χ0n) is 15.5. The van der Waals surface area contributed by atoms with Crippen molar-refractivity contribution in [2.24, 2.45) is 16.7 Å². The molecule has 2 atom stereocenters. The molecule has 1 aromatic heterocycles. The highest BCUT2D eigenvalue weighted by Gasteiger charge is 2.25. The molecular formula is C19H33N3. The zero-order valence-corrected chi connectivity index (χ0v) is 15.5. The molecule has 0 fully saturated rings. The van der Waals surface area contributed by atoms with Crippen LogP contribution in [0.15, 0.2) is 6.20 Å². The van der Waals surface area contributed by atoms with E-state index in [-0.39, 0.29) is 11.5 Å². The summed E-state index contributed by atoms with van der Waals surface area (Å²) in [7, 11) is 0. The number of rotatable bonds is 6. The molecule has 0 radical (unpaired) electrons. The largest absolute Gasteiger partial charge is 0.237 e. The molecule has 124 valence electrons. The number of hydrogen-bond donors (Lipinski definition) is 0. The Balaban J connectivity index is 2.48. The molecule has 0 aliphatic rings. The summed E-state index contributed by atoms with van der Waals surface area (Å²) in [5.74, 6) is 3.58. The van der Waals surface area contributed by atoms with Gasteiger partial charge in [0.2, 0.25) is 0 Å². The second-order valence-corrected chi connectivity index (χ2v) is 8.64. The van der Waals surface area contributed by atoms with Crippen molar-refractivity contribution in [2.45, 2.75) is 80.2 Å². The molecule has 0 N–H and O–H groups in total. The Hall–Kier alpha value is -1.30. The monoisotopic (exact) mass is 303 g/mol. The van der Waals surface area contributed by atoms with Gasteiger partial charge in [-0.1, -0.05) is 72.4 Å². The summed E-state index contributed by atoms with van der Waals surface area (Å²) in [6.45, 7) is 15.7. The molecule has 22 heavy (non-hydrogen) atoms. The SMILES string of the molecule is C#C[C@@H](n1cc(CCCCC(C)C(C)(C)C)nn1)C(C)(C)C. The minimum atomic E-state index is -0.0466. The van der Waals surface area contributed by atoms with E-state index in [2.05, 4.69) is 64.7 Å². The van der Waals surface area contributed by atoms with E-state index in [0.717, 1.165) is 24.5 Å². The van der Waals surface area contributed by atoms with Crippen molar-refractivity contribution < 1.29 is 0 Å². The van der Waals surface area contributed by atoms with Crippen LogP contribution in [0.25, 0.3) is 0 Å². The van der Waals surface area contributed by atoms with E-state index in [0.29, 0.717) is 5.41 Å². The normalized spacial score (nSPS) is 15.4. The Morgan fingerprint density at radius 1 is 1.14 bits per heavy atom. The fraction of sp³-hybridized carbons (Fsp3) is 0.789. The quantitative estimate of drug-likeness (QED) is 0.553. The molecule has 1 unspecified atom stereocenters. The molecular weight excluding hydrogens is 270 g/mol. The van der Waals surface area contributed by atoms with Crippen LogP contribution in [0.1, 0.15) is 79.5 Å². The van der Waals surface area contributed by atoms with Crippen molar-refractivity contribution >= 4 is 0 Å². The lowest BCUT2D eigenvalue weighted by Gasteiger charge is -2.27. The lowest BCUT2D eigenvalue weighted by atomic mass is 9.79. The maximum Gasteiger partial charge on any atom is 0.118 e. The number of terminal acetylenes is 1. The first-order valence-corrected chi connectivity index (χ1v) is 8.42. The standard InChI is InChI=1S/C19H33N3/c1-9-17(19(6,7)8)22-14-16(20-21-22)13-11-10-12-15(2)18(3,4)5/h1,14-15,17H,10-13H2,2-8H3/t15?,17-/m1/s1. The molecule has 1 aromatic rings.